The summed E-state index contributed by atoms with van der Waals surface area (Å²) in [6.45, 7) is 1.69. The normalized spacial score (nSPS) is 12.8. The van der Waals surface area contributed by atoms with Crippen molar-refractivity contribution in [2.24, 2.45) is 0 Å². The highest BCUT2D eigenvalue weighted by molar-refractivity contribution is 6.33. The Balaban J connectivity index is 1.51. The van der Waals surface area contributed by atoms with Crippen LogP contribution in [0.5, 0.6) is 0 Å². The van der Waals surface area contributed by atoms with Gasteiger partial charge in [-0.05, 0) is 55.7 Å². The third kappa shape index (κ3) is 5.72. The number of hydrogen-bond acceptors (Lipinski definition) is 3. The molecule has 146 valence electrons. The quantitative estimate of drug-likeness (QED) is 0.598. The summed E-state index contributed by atoms with van der Waals surface area (Å²) in [5, 5.41) is 11.1. The monoisotopic (exact) mass is 400 g/mol. The van der Waals surface area contributed by atoms with Crippen molar-refractivity contribution >= 4 is 40.8 Å². The topological polar surface area (TPSA) is 99.3 Å². The first-order valence-electron chi connectivity index (χ1n) is 8.92. The molecular formula is C20H21ClN4O3. The van der Waals surface area contributed by atoms with Crippen molar-refractivity contribution in [3.63, 3.8) is 0 Å². The molecule has 8 heteroatoms. The Morgan fingerprint density at radius 3 is 2.57 bits per heavy atom. The largest absolute Gasteiger partial charge is 0.343 e. The number of carbonyl (C=O) groups excluding carboxylic acids is 3. The second kappa shape index (κ2) is 8.75. The Kier molecular flexibility index (Phi) is 6.16. The van der Waals surface area contributed by atoms with Crippen molar-refractivity contribution in [2.75, 3.05) is 17.2 Å². The smallest absolute Gasteiger partial charge is 0.319 e. The Labute approximate surface area is 167 Å². The number of halogens is 1. The van der Waals surface area contributed by atoms with Gasteiger partial charge in [0.1, 0.15) is 0 Å². The Morgan fingerprint density at radius 1 is 1.07 bits per heavy atom. The molecule has 1 aliphatic carbocycles. The molecule has 4 amide bonds. The summed E-state index contributed by atoms with van der Waals surface area (Å²) in [6, 6.07) is 11.7. The number of hydrogen-bond donors (Lipinski definition) is 4. The van der Waals surface area contributed by atoms with E-state index in [0.717, 1.165) is 18.4 Å². The third-order valence-corrected chi connectivity index (χ3v) is 4.42. The lowest BCUT2D eigenvalue weighted by Gasteiger charge is -2.10. The van der Waals surface area contributed by atoms with Gasteiger partial charge in [-0.25, -0.2) is 4.79 Å². The van der Waals surface area contributed by atoms with Crippen LogP contribution in [0.3, 0.4) is 0 Å². The summed E-state index contributed by atoms with van der Waals surface area (Å²) >= 11 is 6.08. The van der Waals surface area contributed by atoms with Crippen LogP contribution in [0.4, 0.5) is 16.2 Å². The molecule has 0 radical (unpaired) electrons. The summed E-state index contributed by atoms with van der Waals surface area (Å²) < 4.78 is 0. The molecule has 1 fully saturated rings. The number of aryl methyl sites for hydroxylation is 1. The summed E-state index contributed by atoms with van der Waals surface area (Å²) in [5.41, 5.74) is 2.31. The molecule has 1 saturated carbocycles. The fourth-order valence-electron chi connectivity index (χ4n) is 2.50. The second-order valence-corrected chi connectivity index (χ2v) is 7.07. The fourth-order valence-corrected chi connectivity index (χ4v) is 2.78. The number of carbonyl (C=O) groups is 3. The highest BCUT2D eigenvalue weighted by Crippen LogP contribution is 2.22. The van der Waals surface area contributed by atoms with E-state index >= 15 is 0 Å². The molecule has 0 saturated heterocycles. The van der Waals surface area contributed by atoms with E-state index in [1.165, 1.54) is 0 Å². The molecule has 0 atom stereocenters. The Morgan fingerprint density at radius 2 is 1.86 bits per heavy atom. The standard InChI is InChI=1S/C20H21ClN4O3/c1-12-5-8-17(16(21)9-12)25-18(26)11-22-19(27)13-3-2-4-15(10-13)24-20(28)23-14-6-7-14/h2-5,8-10,14H,6-7,11H2,1H3,(H,22,27)(H,25,26)(H2,23,24,28). The van der Waals surface area contributed by atoms with Crippen LogP contribution in [0.1, 0.15) is 28.8 Å². The van der Waals surface area contributed by atoms with Crippen molar-refractivity contribution < 1.29 is 14.4 Å². The van der Waals surface area contributed by atoms with Gasteiger partial charge >= 0.3 is 6.03 Å². The van der Waals surface area contributed by atoms with E-state index in [4.69, 9.17) is 11.6 Å². The van der Waals surface area contributed by atoms with E-state index in [1.807, 2.05) is 13.0 Å². The van der Waals surface area contributed by atoms with E-state index in [2.05, 4.69) is 21.3 Å². The molecule has 4 N–H and O–H groups in total. The number of amides is 4. The predicted molar refractivity (Wildman–Crippen MR) is 109 cm³/mol. The highest BCUT2D eigenvalue weighted by Gasteiger charge is 2.23. The van der Waals surface area contributed by atoms with Crippen molar-refractivity contribution in [2.45, 2.75) is 25.8 Å². The Hall–Kier alpha value is -3.06. The van der Waals surface area contributed by atoms with E-state index in [9.17, 15) is 14.4 Å². The maximum atomic E-state index is 12.3. The Bertz CT molecular complexity index is 912. The van der Waals surface area contributed by atoms with Crippen molar-refractivity contribution in [1.29, 1.82) is 0 Å². The van der Waals surface area contributed by atoms with Crippen molar-refractivity contribution in [3.05, 3.63) is 58.6 Å². The van der Waals surface area contributed by atoms with Crippen molar-refractivity contribution in [3.8, 4) is 0 Å². The molecule has 0 bridgehead atoms. The van der Waals surface area contributed by atoms with Crippen LogP contribution in [0.25, 0.3) is 0 Å². The highest BCUT2D eigenvalue weighted by atomic mass is 35.5. The lowest BCUT2D eigenvalue weighted by Crippen LogP contribution is -2.33. The minimum atomic E-state index is -0.420. The number of urea groups is 1. The van der Waals surface area contributed by atoms with Crippen LogP contribution in [0, 0.1) is 6.92 Å². The zero-order valence-electron chi connectivity index (χ0n) is 15.3. The molecule has 7 nitrogen and oxygen atoms in total. The average molecular weight is 401 g/mol. The molecular weight excluding hydrogens is 380 g/mol. The third-order valence-electron chi connectivity index (χ3n) is 4.10. The fraction of sp³-hybridized carbons (Fsp3) is 0.250. The second-order valence-electron chi connectivity index (χ2n) is 6.67. The van der Waals surface area contributed by atoms with Crippen LogP contribution in [0.15, 0.2) is 42.5 Å². The van der Waals surface area contributed by atoms with Gasteiger partial charge in [0.25, 0.3) is 5.91 Å². The molecule has 0 unspecified atom stereocenters. The van der Waals surface area contributed by atoms with Gasteiger partial charge in [-0.3, -0.25) is 9.59 Å². The first-order chi connectivity index (χ1) is 13.4. The minimum absolute atomic E-state index is 0.205. The van der Waals surface area contributed by atoms with Gasteiger partial charge in [-0.2, -0.15) is 0 Å². The molecule has 3 rings (SSSR count). The van der Waals surface area contributed by atoms with E-state index in [-0.39, 0.29) is 18.6 Å². The summed E-state index contributed by atoms with van der Waals surface area (Å²) in [7, 11) is 0. The number of benzene rings is 2. The zero-order valence-corrected chi connectivity index (χ0v) is 16.1. The van der Waals surface area contributed by atoms with Crippen LogP contribution in [0.2, 0.25) is 5.02 Å². The number of rotatable bonds is 6. The summed E-state index contributed by atoms with van der Waals surface area (Å²) in [5.74, 6) is -0.811. The van der Waals surface area contributed by atoms with Gasteiger partial charge in [-0.1, -0.05) is 23.7 Å². The molecule has 0 aromatic heterocycles. The average Bonchev–Trinajstić information content (AvgIpc) is 3.46. The van der Waals surface area contributed by atoms with Gasteiger partial charge in [0.05, 0.1) is 17.3 Å². The molecule has 1 aliphatic rings. The molecule has 2 aromatic rings. The lowest BCUT2D eigenvalue weighted by atomic mass is 10.2. The van der Waals surface area contributed by atoms with E-state index in [1.54, 1.807) is 36.4 Å². The van der Waals surface area contributed by atoms with Crippen LogP contribution in [-0.4, -0.2) is 30.4 Å². The van der Waals surface area contributed by atoms with E-state index < -0.39 is 11.8 Å². The van der Waals surface area contributed by atoms with Crippen LogP contribution < -0.4 is 21.3 Å². The molecule has 28 heavy (non-hydrogen) atoms. The lowest BCUT2D eigenvalue weighted by molar-refractivity contribution is -0.115. The van der Waals surface area contributed by atoms with Gasteiger partial charge in [0.2, 0.25) is 5.91 Å². The van der Waals surface area contributed by atoms with Gasteiger partial charge in [0, 0.05) is 17.3 Å². The first kappa shape index (κ1) is 19.7. The van der Waals surface area contributed by atoms with Gasteiger partial charge in [0.15, 0.2) is 0 Å². The van der Waals surface area contributed by atoms with Crippen LogP contribution >= 0.6 is 11.6 Å². The molecule has 0 spiro atoms. The first-order valence-corrected chi connectivity index (χ1v) is 9.30. The SMILES string of the molecule is Cc1ccc(NC(=O)CNC(=O)c2cccc(NC(=O)NC3CC3)c2)c(Cl)c1. The van der Waals surface area contributed by atoms with Gasteiger partial charge in [-0.15, -0.1) is 0 Å². The molecule has 0 aliphatic heterocycles. The summed E-state index contributed by atoms with van der Waals surface area (Å²) in [6.07, 6.45) is 1.98. The zero-order chi connectivity index (χ0) is 20.1. The predicted octanol–water partition coefficient (Wildman–Crippen LogP) is 3.30. The maximum Gasteiger partial charge on any atom is 0.319 e. The molecule has 2 aromatic carbocycles. The summed E-state index contributed by atoms with van der Waals surface area (Å²) in [4.78, 5) is 36.1. The molecule has 0 heterocycles. The van der Waals surface area contributed by atoms with E-state index in [0.29, 0.717) is 22.0 Å². The van der Waals surface area contributed by atoms with Gasteiger partial charge < -0.3 is 21.3 Å². The maximum absolute atomic E-state index is 12.3. The van der Waals surface area contributed by atoms with Crippen LogP contribution in [-0.2, 0) is 4.79 Å². The number of anilines is 2. The minimum Gasteiger partial charge on any atom is -0.343 e. The van der Waals surface area contributed by atoms with Crippen molar-refractivity contribution in [1.82, 2.24) is 10.6 Å². The number of nitrogens with one attached hydrogen (secondary N) is 4.